The van der Waals surface area contributed by atoms with Gasteiger partial charge in [0.2, 0.25) is 0 Å². The average Bonchev–Trinajstić information content (AvgIpc) is 2.46. The molecule has 1 rings (SSSR count). The van der Waals surface area contributed by atoms with Gasteiger partial charge < -0.3 is 10.2 Å². The van der Waals surface area contributed by atoms with Crippen LogP contribution in [-0.2, 0) is 0 Å². The smallest absolute Gasteiger partial charge is 0.00953 e. The predicted molar refractivity (Wildman–Crippen MR) is 90.3 cm³/mol. The first kappa shape index (κ1) is 18.0. The predicted octanol–water partition coefficient (Wildman–Crippen LogP) is 4.45. The van der Waals surface area contributed by atoms with E-state index in [4.69, 9.17) is 0 Å². The molecular weight excluding hydrogens is 244 g/mol. The average molecular weight is 283 g/mol. The molecule has 0 aromatic rings. The second-order valence-corrected chi connectivity index (χ2v) is 7.09. The van der Waals surface area contributed by atoms with E-state index < -0.39 is 0 Å². The Labute approximate surface area is 127 Å². The largest absolute Gasteiger partial charge is 0.316 e. The quantitative estimate of drug-likeness (QED) is 0.596. The van der Waals surface area contributed by atoms with E-state index in [-0.39, 0.29) is 0 Å². The van der Waals surface area contributed by atoms with Crippen LogP contribution in [-0.4, -0.2) is 37.1 Å². The maximum atomic E-state index is 3.67. The van der Waals surface area contributed by atoms with Crippen LogP contribution in [0.4, 0.5) is 0 Å². The topological polar surface area (TPSA) is 15.3 Å². The molecule has 0 aliphatic heterocycles. The summed E-state index contributed by atoms with van der Waals surface area (Å²) in [6.07, 6.45) is 11.1. The molecule has 0 heterocycles. The minimum absolute atomic E-state index is 0.442. The van der Waals surface area contributed by atoms with Crippen molar-refractivity contribution in [1.82, 2.24) is 10.2 Å². The van der Waals surface area contributed by atoms with Gasteiger partial charge in [-0.2, -0.15) is 0 Å². The normalized spacial score (nSPS) is 20.2. The second-order valence-electron chi connectivity index (χ2n) is 7.09. The molecule has 1 aliphatic carbocycles. The molecule has 1 N–H and O–H groups in total. The van der Waals surface area contributed by atoms with E-state index in [9.17, 15) is 0 Å². The first-order valence-electron chi connectivity index (χ1n) is 9.10. The van der Waals surface area contributed by atoms with Crippen molar-refractivity contribution in [1.29, 1.82) is 0 Å². The molecule has 2 heteroatoms. The van der Waals surface area contributed by atoms with Crippen molar-refractivity contribution in [2.45, 2.75) is 85.1 Å². The van der Waals surface area contributed by atoms with Gasteiger partial charge in [0, 0.05) is 19.1 Å². The van der Waals surface area contributed by atoms with Crippen molar-refractivity contribution < 1.29 is 0 Å². The van der Waals surface area contributed by atoms with Gasteiger partial charge in [0.1, 0.15) is 0 Å². The summed E-state index contributed by atoms with van der Waals surface area (Å²) in [5.41, 5.74) is 0.442. The van der Waals surface area contributed by atoms with Crippen molar-refractivity contribution in [3.63, 3.8) is 0 Å². The maximum Gasteiger partial charge on any atom is 0.00953 e. The van der Waals surface area contributed by atoms with E-state index in [1.165, 1.54) is 71.0 Å². The van der Waals surface area contributed by atoms with Crippen LogP contribution in [0.5, 0.6) is 0 Å². The van der Waals surface area contributed by atoms with Crippen LogP contribution in [0.15, 0.2) is 0 Å². The number of hydrogen-bond donors (Lipinski definition) is 1. The van der Waals surface area contributed by atoms with Crippen molar-refractivity contribution in [2.24, 2.45) is 5.41 Å². The lowest BCUT2D eigenvalue weighted by Crippen LogP contribution is -2.47. The van der Waals surface area contributed by atoms with E-state index >= 15 is 0 Å². The third-order valence-electron chi connectivity index (χ3n) is 4.91. The summed E-state index contributed by atoms with van der Waals surface area (Å²) in [6, 6.07) is 0.858. The summed E-state index contributed by atoms with van der Waals surface area (Å²) in [6.45, 7) is 14.3. The van der Waals surface area contributed by atoms with Gasteiger partial charge >= 0.3 is 0 Å². The van der Waals surface area contributed by atoms with Crippen LogP contribution < -0.4 is 5.32 Å². The molecule has 0 aromatic carbocycles. The molecule has 120 valence electrons. The molecule has 0 bridgehead atoms. The standard InChI is InChI=1S/C18H38N2/c1-5-13-18(4,15-19-14-6-2)16-20(7-3)17-11-9-8-10-12-17/h17,19H,5-16H2,1-4H3. The van der Waals surface area contributed by atoms with Crippen LogP contribution >= 0.6 is 0 Å². The van der Waals surface area contributed by atoms with Gasteiger partial charge in [0.15, 0.2) is 0 Å². The van der Waals surface area contributed by atoms with Crippen LogP contribution in [0, 0.1) is 5.41 Å². The van der Waals surface area contributed by atoms with Crippen molar-refractivity contribution in [2.75, 3.05) is 26.2 Å². The van der Waals surface area contributed by atoms with Crippen LogP contribution in [0.2, 0.25) is 0 Å². The zero-order valence-corrected chi connectivity index (χ0v) is 14.5. The molecule has 0 saturated heterocycles. The van der Waals surface area contributed by atoms with Gasteiger partial charge in [-0.05, 0) is 44.2 Å². The van der Waals surface area contributed by atoms with Crippen molar-refractivity contribution in [3.8, 4) is 0 Å². The van der Waals surface area contributed by atoms with E-state index in [1.807, 2.05) is 0 Å². The van der Waals surface area contributed by atoms with Gasteiger partial charge in [0.25, 0.3) is 0 Å². The number of hydrogen-bond acceptors (Lipinski definition) is 2. The molecule has 1 fully saturated rings. The lowest BCUT2D eigenvalue weighted by atomic mass is 9.83. The third kappa shape index (κ3) is 6.13. The Bertz CT molecular complexity index is 236. The minimum atomic E-state index is 0.442. The summed E-state index contributed by atoms with van der Waals surface area (Å²) in [4.78, 5) is 2.78. The van der Waals surface area contributed by atoms with E-state index in [0.29, 0.717) is 5.41 Å². The Morgan fingerprint density at radius 1 is 1.05 bits per heavy atom. The van der Waals surface area contributed by atoms with Crippen LogP contribution in [0.25, 0.3) is 0 Å². The van der Waals surface area contributed by atoms with Gasteiger partial charge in [-0.25, -0.2) is 0 Å². The molecule has 1 saturated carbocycles. The lowest BCUT2D eigenvalue weighted by molar-refractivity contribution is 0.0942. The van der Waals surface area contributed by atoms with Gasteiger partial charge in [0.05, 0.1) is 0 Å². The fourth-order valence-electron chi connectivity index (χ4n) is 3.83. The first-order valence-corrected chi connectivity index (χ1v) is 9.10. The zero-order valence-electron chi connectivity index (χ0n) is 14.5. The van der Waals surface area contributed by atoms with Crippen molar-refractivity contribution >= 4 is 0 Å². The molecule has 0 aromatic heterocycles. The maximum absolute atomic E-state index is 3.67. The molecule has 20 heavy (non-hydrogen) atoms. The van der Waals surface area contributed by atoms with Crippen LogP contribution in [0.3, 0.4) is 0 Å². The van der Waals surface area contributed by atoms with Gasteiger partial charge in [-0.15, -0.1) is 0 Å². The summed E-state index contributed by atoms with van der Waals surface area (Å²) in [5.74, 6) is 0. The highest BCUT2D eigenvalue weighted by Gasteiger charge is 2.29. The molecule has 0 radical (unpaired) electrons. The van der Waals surface area contributed by atoms with E-state index in [2.05, 4.69) is 37.9 Å². The van der Waals surface area contributed by atoms with Gasteiger partial charge in [-0.3, -0.25) is 0 Å². The molecule has 1 unspecified atom stereocenters. The highest BCUT2D eigenvalue weighted by Crippen LogP contribution is 2.29. The van der Waals surface area contributed by atoms with Crippen LogP contribution in [0.1, 0.15) is 79.1 Å². The van der Waals surface area contributed by atoms with E-state index in [1.54, 1.807) is 0 Å². The first-order chi connectivity index (χ1) is 9.65. The molecule has 1 aliphatic rings. The number of nitrogens with one attached hydrogen (secondary N) is 1. The Hall–Kier alpha value is -0.0800. The Balaban J connectivity index is 2.55. The number of nitrogens with zero attached hydrogens (tertiary/aromatic N) is 1. The summed E-state index contributed by atoms with van der Waals surface area (Å²) >= 11 is 0. The fourth-order valence-corrected chi connectivity index (χ4v) is 3.83. The summed E-state index contributed by atoms with van der Waals surface area (Å²) in [7, 11) is 0. The number of rotatable bonds is 10. The van der Waals surface area contributed by atoms with Crippen molar-refractivity contribution in [3.05, 3.63) is 0 Å². The Morgan fingerprint density at radius 2 is 1.75 bits per heavy atom. The SMILES string of the molecule is CCCNCC(C)(CCC)CN(CC)C1CCCCC1. The molecular formula is C18H38N2. The molecule has 2 nitrogen and oxygen atoms in total. The monoisotopic (exact) mass is 282 g/mol. The van der Waals surface area contributed by atoms with Gasteiger partial charge in [-0.1, -0.05) is 53.4 Å². The minimum Gasteiger partial charge on any atom is -0.316 e. The molecule has 0 spiro atoms. The highest BCUT2D eigenvalue weighted by atomic mass is 15.2. The second kappa shape index (κ2) is 9.78. The Morgan fingerprint density at radius 3 is 2.30 bits per heavy atom. The Kier molecular flexibility index (Phi) is 8.79. The molecule has 0 amide bonds. The highest BCUT2D eigenvalue weighted by molar-refractivity contribution is 4.84. The van der Waals surface area contributed by atoms with E-state index in [0.717, 1.165) is 12.6 Å². The third-order valence-corrected chi connectivity index (χ3v) is 4.91. The summed E-state index contributed by atoms with van der Waals surface area (Å²) in [5, 5.41) is 3.67. The fraction of sp³-hybridized carbons (Fsp3) is 1.00. The molecule has 1 atom stereocenters. The summed E-state index contributed by atoms with van der Waals surface area (Å²) < 4.78 is 0. The lowest BCUT2D eigenvalue weighted by Gasteiger charge is -2.41. The zero-order chi connectivity index (χ0) is 14.8.